The van der Waals surface area contributed by atoms with Gasteiger partial charge in [-0.2, -0.15) is 0 Å². The Morgan fingerprint density at radius 2 is 1.96 bits per heavy atom. The van der Waals surface area contributed by atoms with E-state index >= 15 is 0 Å². The number of hydrogen-bond acceptors (Lipinski definition) is 5. The molecule has 0 aliphatic heterocycles. The minimum Gasteiger partial charge on any atom is -0.381 e. The highest BCUT2D eigenvalue weighted by Gasteiger charge is 2.27. The molecule has 0 unspecified atom stereocenters. The van der Waals surface area contributed by atoms with Gasteiger partial charge in [0.05, 0.1) is 0 Å². The van der Waals surface area contributed by atoms with Gasteiger partial charge in [0, 0.05) is 25.2 Å². The Morgan fingerprint density at radius 1 is 1.23 bits per heavy atom. The Balaban J connectivity index is 1.80. The van der Waals surface area contributed by atoms with Crippen molar-refractivity contribution < 1.29 is 9.53 Å². The molecule has 2 rings (SSSR count). The van der Waals surface area contributed by atoms with E-state index in [9.17, 15) is 4.79 Å². The van der Waals surface area contributed by atoms with Gasteiger partial charge in [0.15, 0.2) is 0 Å². The predicted octanol–water partition coefficient (Wildman–Crippen LogP) is 4.05. The maximum atomic E-state index is 12.0. The lowest BCUT2D eigenvalue weighted by atomic mass is 9.85. The highest BCUT2D eigenvalue weighted by atomic mass is 32.1. The second-order valence-electron chi connectivity index (χ2n) is 7.11. The van der Waals surface area contributed by atoms with Gasteiger partial charge in [-0.3, -0.25) is 5.32 Å². The van der Waals surface area contributed by atoms with Crippen LogP contribution in [0.25, 0.3) is 0 Å². The molecule has 26 heavy (non-hydrogen) atoms. The lowest BCUT2D eigenvalue weighted by Crippen LogP contribution is -2.30. The molecule has 2 aromatic rings. The summed E-state index contributed by atoms with van der Waals surface area (Å²) in [5, 5.41) is 15.3. The van der Waals surface area contributed by atoms with Gasteiger partial charge in [-0.1, -0.05) is 55.5 Å². The van der Waals surface area contributed by atoms with Crippen LogP contribution in [-0.4, -0.2) is 36.0 Å². The smallest absolute Gasteiger partial charge is 0.321 e. The van der Waals surface area contributed by atoms with Crippen molar-refractivity contribution in [1.82, 2.24) is 15.5 Å². The summed E-state index contributed by atoms with van der Waals surface area (Å²) in [7, 11) is 0. The Bertz CT molecular complexity index is 686. The summed E-state index contributed by atoms with van der Waals surface area (Å²) < 4.78 is 5.49. The number of carbonyl (C=O) groups excluding carboxylic acids is 1. The Hall–Kier alpha value is -1.99. The summed E-state index contributed by atoms with van der Waals surface area (Å²) in [5.74, 6) is 0.526. The third-order valence-corrected chi connectivity index (χ3v) is 5.04. The normalized spacial score (nSPS) is 11.6. The van der Waals surface area contributed by atoms with Crippen LogP contribution in [0.3, 0.4) is 0 Å². The summed E-state index contributed by atoms with van der Waals surface area (Å²) in [6, 6.07) is 9.88. The second-order valence-corrected chi connectivity index (χ2v) is 8.08. The van der Waals surface area contributed by atoms with Crippen molar-refractivity contribution in [2.75, 3.05) is 25.1 Å². The van der Waals surface area contributed by atoms with Gasteiger partial charge in [0.1, 0.15) is 5.01 Å². The zero-order valence-corrected chi connectivity index (χ0v) is 16.7. The summed E-state index contributed by atoms with van der Waals surface area (Å²) in [6.45, 7) is 10.4. The van der Waals surface area contributed by atoms with E-state index in [2.05, 4.69) is 60.7 Å². The molecule has 7 heteroatoms. The van der Waals surface area contributed by atoms with Crippen LogP contribution in [0.4, 0.5) is 9.93 Å². The average Bonchev–Trinajstić information content (AvgIpc) is 3.07. The molecule has 1 heterocycles. The van der Waals surface area contributed by atoms with Gasteiger partial charge >= 0.3 is 6.03 Å². The third-order valence-electron chi connectivity index (χ3n) is 3.88. The van der Waals surface area contributed by atoms with Crippen molar-refractivity contribution in [1.29, 1.82) is 0 Å². The molecule has 6 nitrogen and oxygen atoms in total. The Labute approximate surface area is 159 Å². The number of anilines is 1. The van der Waals surface area contributed by atoms with Crippen LogP contribution in [0.1, 0.15) is 44.7 Å². The fourth-order valence-corrected chi connectivity index (χ4v) is 3.20. The van der Waals surface area contributed by atoms with E-state index in [4.69, 9.17) is 4.74 Å². The first kappa shape index (κ1) is 20.3. The van der Waals surface area contributed by atoms with Crippen molar-refractivity contribution in [3.63, 3.8) is 0 Å². The number of nitrogens with one attached hydrogen (secondary N) is 2. The predicted molar refractivity (Wildman–Crippen MR) is 106 cm³/mol. The molecule has 0 aliphatic carbocycles. The van der Waals surface area contributed by atoms with Crippen LogP contribution in [0.15, 0.2) is 30.3 Å². The Kier molecular flexibility index (Phi) is 7.53. The van der Waals surface area contributed by atoms with Crippen molar-refractivity contribution in [3.8, 4) is 0 Å². The van der Waals surface area contributed by atoms with Crippen molar-refractivity contribution >= 4 is 22.5 Å². The molecule has 2 N–H and O–H groups in total. The maximum Gasteiger partial charge on any atom is 0.321 e. The molecule has 1 aromatic carbocycles. The minimum atomic E-state index is -0.269. The number of carbonyl (C=O) groups is 1. The van der Waals surface area contributed by atoms with E-state index in [1.54, 1.807) is 0 Å². The van der Waals surface area contributed by atoms with Crippen molar-refractivity contribution in [3.05, 3.63) is 40.9 Å². The first-order valence-electron chi connectivity index (χ1n) is 8.91. The lowest BCUT2D eigenvalue weighted by molar-refractivity contribution is 0.108. The van der Waals surface area contributed by atoms with Gasteiger partial charge < -0.3 is 10.1 Å². The molecule has 0 saturated heterocycles. The maximum absolute atomic E-state index is 12.0. The molecule has 2 amide bonds. The molecular weight excluding hydrogens is 348 g/mol. The summed E-state index contributed by atoms with van der Waals surface area (Å²) >= 11 is 1.39. The lowest BCUT2D eigenvalue weighted by Gasteiger charge is -2.21. The zero-order valence-electron chi connectivity index (χ0n) is 15.9. The minimum absolute atomic E-state index is 0.261. The SMILES string of the molecule is CC(C)COCCCNC(=O)Nc1nnc(C(C)(C)c2ccccc2)s1. The molecule has 0 bridgehead atoms. The number of amides is 2. The molecule has 0 aliphatic rings. The third kappa shape index (κ3) is 6.07. The number of hydrogen-bond donors (Lipinski definition) is 2. The van der Waals surface area contributed by atoms with E-state index in [1.807, 2.05) is 18.2 Å². The number of aromatic nitrogens is 2. The van der Waals surface area contributed by atoms with Crippen LogP contribution < -0.4 is 10.6 Å². The van der Waals surface area contributed by atoms with Crippen LogP contribution in [0.5, 0.6) is 0 Å². The average molecular weight is 377 g/mol. The first-order chi connectivity index (χ1) is 12.4. The molecule has 0 fully saturated rings. The Morgan fingerprint density at radius 3 is 2.65 bits per heavy atom. The van der Waals surface area contributed by atoms with E-state index < -0.39 is 0 Å². The van der Waals surface area contributed by atoms with Crippen LogP contribution in [-0.2, 0) is 10.2 Å². The summed E-state index contributed by atoms with van der Waals surface area (Å²) in [4.78, 5) is 12.0. The summed E-state index contributed by atoms with van der Waals surface area (Å²) in [6.07, 6.45) is 0.780. The zero-order chi connectivity index (χ0) is 19.0. The molecule has 0 radical (unpaired) electrons. The molecule has 0 spiro atoms. The van der Waals surface area contributed by atoms with Gasteiger partial charge in [-0.15, -0.1) is 10.2 Å². The topological polar surface area (TPSA) is 76.1 Å². The van der Waals surface area contributed by atoms with Gasteiger partial charge in [-0.05, 0) is 31.7 Å². The van der Waals surface area contributed by atoms with Crippen molar-refractivity contribution in [2.45, 2.75) is 39.5 Å². The van der Waals surface area contributed by atoms with E-state index in [0.29, 0.717) is 24.2 Å². The van der Waals surface area contributed by atoms with E-state index in [-0.39, 0.29) is 11.4 Å². The largest absolute Gasteiger partial charge is 0.381 e. The highest BCUT2D eigenvalue weighted by Crippen LogP contribution is 2.34. The number of nitrogens with zero attached hydrogens (tertiary/aromatic N) is 2. The molecule has 0 saturated carbocycles. The second kappa shape index (κ2) is 9.64. The van der Waals surface area contributed by atoms with Crippen LogP contribution >= 0.6 is 11.3 Å². The first-order valence-corrected chi connectivity index (χ1v) is 9.73. The van der Waals surface area contributed by atoms with Gasteiger partial charge in [0.2, 0.25) is 5.13 Å². The number of ether oxygens (including phenoxy) is 1. The highest BCUT2D eigenvalue weighted by molar-refractivity contribution is 7.15. The standard InChI is InChI=1S/C19H28N4O2S/c1-14(2)13-25-12-8-11-20-17(24)21-18-23-22-16(26-18)19(3,4)15-9-6-5-7-10-15/h5-7,9-10,14H,8,11-13H2,1-4H3,(H2,20,21,23,24). The number of urea groups is 1. The molecular formula is C19H28N4O2S. The quantitative estimate of drug-likeness (QED) is 0.648. The summed E-state index contributed by atoms with van der Waals surface area (Å²) in [5.41, 5.74) is 0.900. The molecule has 1 aromatic heterocycles. The van der Waals surface area contributed by atoms with Crippen LogP contribution in [0, 0.1) is 5.92 Å². The van der Waals surface area contributed by atoms with E-state index in [0.717, 1.165) is 23.6 Å². The van der Waals surface area contributed by atoms with Crippen LogP contribution in [0.2, 0.25) is 0 Å². The van der Waals surface area contributed by atoms with Gasteiger partial charge in [-0.25, -0.2) is 4.79 Å². The molecule has 0 atom stereocenters. The van der Waals surface area contributed by atoms with Crippen molar-refractivity contribution in [2.24, 2.45) is 5.92 Å². The fourth-order valence-electron chi connectivity index (χ4n) is 2.34. The number of rotatable bonds is 9. The van der Waals surface area contributed by atoms with Gasteiger partial charge in [0.25, 0.3) is 0 Å². The number of benzene rings is 1. The monoisotopic (exact) mass is 376 g/mol. The molecule has 142 valence electrons. The van der Waals surface area contributed by atoms with E-state index in [1.165, 1.54) is 11.3 Å². The fraction of sp³-hybridized carbons (Fsp3) is 0.526.